The molecule has 6 heteroatoms. The van der Waals surface area contributed by atoms with E-state index < -0.39 is 5.82 Å². The molecule has 0 bridgehead atoms. The molecule has 0 atom stereocenters. The van der Waals surface area contributed by atoms with Gasteiger partial charge in [0.15, 0.2) is 17.3 Å². The number of halogens is 3. The van der Waals surface area contributed by atoms with Crippen molar-refractivity contribution in [3.63, 3.8) is 0 Å². The molecule has 2 N–H and O–H groups in total. The molecule has 0 aliphatic carbocycles. The molecule has 0 spiro atoms. The first-order valence-corrected chi connectivity index (χ1v) is 6.93. The number of hydrogen-bond acceptors (Lipinski definition) is 3. The molecule has 0 amide bonds. The molecule has 0 fully saturated rings. The average Bonchev–Trinajstić information content (AvgIpc) is 2.40. The van der Waals surface area contributed by atoms with E-state index in [9.17, 15) is 9.50 Å². The summed E-state index contributed by atoms with van der Waals surface area (Å²) in [6.07, 6.45) is 0. The highest BCUT2D eigenvalue weighted by atomic mass is 79.9. The standard InChI is InChI=1S/C14H12BrClFNO2/c1-20-14-10(15)5-9(16)6-12(14)18-7-8-3-2-4-11(17)13(8)19/h2-6,18-19H,7H2,1H3. The SMILES string of the molecule is COc1c(Br)cc(Cl)cc1NCc1cccc(F)c1O. The Morgan fingerprint density at radius 3 is 2.85 bits per heavy atom. The highest BCUT2D eigenvalue weighted by molar-refractivity contribution is 9.10. The summed E-state index contributed by atoms with van der Waals surface area (Å²) in [7, 11) is 1.54. The van der Waals surface area contributed by atoms with Crippen LogP contribution in [0.4, 0.5) is 10.1 Å². The second-order valence-corrected chi connectivity index (χ2v) is 5.36. The molecule has 0 saturated heterocycles. The lowest BCUT2D eigenvalue weighted by atomic mass is 10.2. The number of hydrogen-bond donors (Lipinski definition) is 2. The number of ether oxygens (including phenoxy) is 1. The highest BCUT2D eigenvalue weighted by Crippen LogP contribution is 2.36. The monoisotopic (exact) mass is 359 g/mol. The first-order chi connectivity index (χ1) is 9.52. The van der Waals surface area contributed by atoms with Crippen molar-refractivity contribution in [3.05, 3.63) is 51.2 Å². The van der Waals surface area contributed by atoms with Crippen LogP contribution in [0.25, 0.3) is 0 Å². The molecule has 0 aliphatic rings. The molecule has 106 valence electrons. The van der Waals surface area contributed by atoms with Crippen molar-refractivity contribution < 1.29 is 14.2 Å². The normalized spacial score (nSPS) is 10.4. The predicted octanol–water partition coefficient (Wildman–Crippen LogP) is 4.57. The third-order valence-electron chi connectivity index (χ3n) is 2.75. The number of benzene rings is 2. The Bertz CT molecular complexity index is 637. The van der Waals surface area contributed by atoms with E-state index in [4.69, 9.17) is 16.3 Å². The number of aromatic hydroxyl groups is 1. The van der Waals surface area contributed by atoms with Gasteiger partial charge in [-0.2, -0.15) is 0 Å². The summed E-state index contributed by atoms with van der Waals surface area (Å²) in [4.78, 5) is 0. The Balaban J connectivity index is 2.25. The van der Waals surface area contributed by atoms with Crippen LogP contribution in [0.5, 0.6) is 11.5 Å². The number of anilines is 1. The molecule has 0 radical (unpaired) electrons. The van der Waals surface area contributed by atoms with Gasteiger partial charge in [-0.05, 0) is 34.1 Å². The average molecular weight is 361 g/mol. The van der Waals surface area contributed by atoms with Gasteiger partial charge in [0.05, 0.1) is 17.3 Å². The summed E-state index contributed by atoms with van der Waals surface area (Å²) in [6, 6.07) is 7.79. The lowest BCUT2D eigenvalue weighted by molar-refractivity contribution is 0.413. The Hall–Kier alpha value is -1.46. The lowest BCUT2D eigenvalue weighted by Gasteiger charge is -2.14. The van der Waals surface area contributed by atoms with Crippen molar-refractivity contribution in [1.82, 2.24) is 0 Å². The third-order valence-corrected chi connectivity index (χ3v) is 3.56. The highest BCUT2D eigenvalue weighted by Gasteiger charge is 2.11. The van der Waals surface area contributed by atoms with Gasteiger partial charge in [0.25, 0.3) is 0 Å². The Kier molecular flexibility index (Phi) is 4.73. The zero-order valence-corrected chi connectivity index (χ0v) is 12.9. The van der Waals surface area contributed by atoms with E-state index in [1.807, 2.05) is 0 Å². The number of phenols is 1. The molecule has 0 saturated carbocycles. The number of phenolic OH excluding ortho intramolecular Hbond substituents is 1. The van der Waals surface area contributed by atoms with Gasteiger partial charge in [-0.15, -0.1) is 0 Å². The summed E-state index contributed by atoms with van der Waals surface area (Å²) in [6.45, 7) is 0.243. The fourth-order valence-electron chi connectivity index (χ4n) is 1.79. The number of methoxy groups -OCH3 is 1. The molecule has 0 aromatic heterocycles. The molecule has 3 nitrogen and oxygen atoms in total. The van der Waals surface area contributed by atoms with Crippen LogP contribution in [0.3, 0.4) is 0 Å². The Morgan fingerprint density at radius 2 is 2.15 bits per heavy atom. The van der Waals surface area contributed by atoms with E-state index >= 15 is 0 Å². The first-order valence-electron chi connectivity index (χ1n) is 5.76. The zero-order valence-electron chi connectivity index (χ0n) is 10.6. The smallest absolute Gasteiger partial charge is 0.165 e. The fourth-order valence-corrected chi connectivity index (χ4v) is 2.76. The van der Waals surface area contributed by atoms with Crippen molar-refractivity contribution >= 4 is 33.2 Å². The third kappa shape index (κ3) is 3.16. The summed E-state index contributed by atoms with van der Waals surface area (Å²) in [5, 5.41) is 13.2. The van der Waals surface area contributed by atoms with Crippen LogP contribution in [0.1, 0.15) is 5.56 Å². The number of rotatable bonds is 4. The maximum atomic E-state index is 13.2. The maximum absolute atomic E-state index is 13.2. The van der Waals surface area contributed by atoms with E-state index in [2.05, 4.69) is 21.2 Å². The summed E-state index contributed by atoms with van der Waals surface area (Å²) < 4.78 is 19.2. The van der Waals surface area contributed by atoms with Crippen LogP contribution in [0.15, 0.2) is 34.8 Å². The molecular formula is C14H12BrClFNO2. The molecule has 0 heterocycles. The van der Waals surface area contributed by atoms with Gasteiger partial charge in [-0.1, -0.05) is 23.7 Å². The minimum Gasteiger partial charge on any atom is -0.505 e. The van der Waals surface area contributed by atoms with Crippen molar-refractivity contribution in [2.24, 2.45) is 0 Å². The Labute approximate surface area is 129 Å². The van der Waals surface area contributed by atoms with Gasteiger partial charge < -0.3 is 15.2 Å². The second-order valence-electron chi connectivity index (χ2n) is 4.07. The van der Waals surface area contributed by atoms with E-state index in [1.165, 1.54) is 12.1 Å². The van der Waals surface area contributed by atoms with Crippen molar-refractivity contribution in [1.29, 1.82) is 0 Å². The fraction of sp³-hybridized carbons (Fsp3) is 0.143. The van der Waals surface area contributed by atoms with Gasteiger partial charge in [0, 0.05) is 17.1 Å². The minimum absolute atomic E-state index is 0.243. The topological polar surface area (TPSA) is 41.5 Å². The van der Waals surface area contributed by atoms with Crippen molar-refractivity contribution in [2.75, 3.05) is 12.4 Å². The predicted molar refractivity (Wildman–Crippen MR) is 81.1 cm³/mol. The lowest BCUT2D eigenvalue weighted by Crippen LogP contribution is -2.02. The van der Waals surface area contributed by atoms with Crippen LogP contribution in [-0.2, 0) is 6.54 Å². The van der Waals surface area contributed by atoms with Crippen LogP contribution in [-0.4, -0.2) is 12.2 Å². The first kappa shape index (κ1) is 14.9. The molecule has 0 unspecified atom stereocenters. The quantitative estimate of drug-likeness (QED) is 0.839. The molecule has 2 aromatic rings. The summed E-state index contributed by atoms with van der Waals surface area (Å²) in [5.74, 6) is -0.422. The maximum Gasteiger partial charge on any atom is 0.165 e. The molecular weight excluding hydrogens is 349 g/mol. The molecule has 2 rings (SSSR count). The molecule has 2 aromatic carbocycles. The van der Waals surface area contributed by atoms with Gasteiger partial charge in [-0.3, -0.25) is 0 Å². The zero-order chi connectivity index (χ0) is 14.7. The van der Waals surface area contributed by atoms with Crippen LogP contribution in [0, 0.1) is 5.82 Å². The number of para-hydroxylation sites is 1. The summed E-state index contributed by atoms with van der Waals surface area (Å²) >= 11 is 9.33. The molecule has 0 aliphatic heterocycles. The largest absolute Gasteiger partial charge is 0.505 e. The van der Waals surface area contributed by atoms with Crippen molar-refractivity contribution in [3.8, 4) is 11.5 Å². The van der Waals surface area contributed by atoms with E-state index in [-0.39, 0.29) is 12.3 Å². The van der Waals surface area contributed by atoms with Gasteiger partial charge in [0.2, 0.25) is 0 Å². The van der Waals surface area contributed by atoms with E-state index in [1.54, 1.807) is 25.3 Å². The van der Waals surface area contributed by atoms with Crippen molar-refractivity contribution in [2.45, 2.75) is 6.54 Å². The van der Waals surface area contributed by atoms with E-state index in [0.717, 1.165) is 0 Å². The Morgan fingerprint density at radius 1 is 1.40 bits per heavy atom. The van der Waals surface area contributed by atoms with Gasteiger partial charge in [-0.25, -0.2) is 4.39 Å². The number of nitrogens with one attached hydrogen (secondary N) is 1. The van der Waals surface area contributed by atoms with Crippen LogP contribution < -0.4 is 10.1 Å². The van der Waals surface area contributed by atoms with E-state index in [0.29, 0.717) is 26.5 Å². The van der Waals surface area contributed by atoms with Crippen LogP contribution in [0.2, 0.25) is 5.02 Å². The minimum atomic E-state index is -0.650. The second kappa shape index (κ2) is 6.33. The van der Waals surface area contributed by atoms with Gasteiger partial charge >= 0.3 is 0 Å². The van der Waals surface area contributed by atoms with Crippen LogP contribution >= 0.6 is 27.5 Å². The van der Waals surface area contributed by atoms with Gasteiger partial charge in [0.1, 0.15) is 0 Å². The summed E-state index contributed by atoms with van der Waals surface area (Å²) in [5.41, 5.74) is 1.10. The molecule has 20 heavy (non-hydrogen) atoms.